The van der Waals surface area contributed by atoms with Crippen molar-refractivity contribution in [2.75, 3.05) is 0 Å². The normalized spacial score (nSPS) is 12.3. The van der Waals surface area contributed by atoms with Crippen LogP contribution in [0.5, 0.6) is 0 Å². The first-order valence-corrected chi connectivity index (χ1v) is 13.2. The molecule has 37 heavy (non-hydrogen) atoms. The van der Waals surface area contributed by atoms with Gasteiger partial charge in [0.1, 0.15) is 16.7 Å². The minimum atomic E-state index is 0.905. The molecule has 3 heterocycles. The van der Waals surface area contributed by atoms with Gasteiger partial charge < -0.3 is 8.83 Å². The molecule has 0 spiro atoms. The Labute approximate surface area is 214 Å². The maximum absolute atomic E-state index is 6.32. The predicted octanol–water partition coefficient (Wildman–Crippen LogP) is 10.7. The second-order valence-corrected chi connectivity index (χ2v) is 10.8. The molecule has 6 aromatic carbocycles. The van der Waals surface area contributed by atoms with Gasteiger partial charge >= 0.3 is 0 Å². The van der Waals surface area contributed by atoms with E-state index in [0.717, 1.165) is 32.9 Å². The number of rotatable bonds is 1. The van der Waals surface area contributed by atoms with Crippen LogP contribution in [-0.4, -0.2) is 0 Å². The second kappa shape index (κ2) is 7.00. The maximum Gasteiger partial charge on any atom is 0.136 e. The van der Waals surface area contributed by atoms with Crippen LogP contribution in [-0.2, 0) is 0 Å². The van der Waals surface area contributed by atoms with Gasteiger partial charge in [-0.05, 0) is 75.6 Å². The topological polar surface area (TPSA) is 26.3 Å². The monoisotopic (exact) mass is 490 g/mol. The van der Waals surface area contributed by atoms with E-state index in [9.17, 15) is 0 Å². The van der Waals surface area contributed by atoms with Gasteiger partial charge in [-0.15, -0.1) is 11.3 Å². The molecule has 0 radical (unpaired) electrons. The Morgan fingerprint density at radius 2 is 1.32 bits per heavy atom. The van der Waals surface area contributed by atoms with Crippen molar-refractivity contribution >= 4 is 86.0 Å². The van der Waals surface area contributed by atoms with Crippen molar-refractivity contribution in [2.24, 2.45) is 0 Å². The third-order valence-corrected chi connectivity index (χ3v) is 8.94. The summed E-state index contributed by atoms with van der Waals surface area (Å²) >= 11 is 1.87. The standard InChI is InChI=1S/C34H18O2S/c1-3-10-30-21(6-1)29-17-27-26(24-9-5-8-23-22-7-2-4-11-33(22)37-34(23)24)15-20-16-31-19(12-13-35-31)14-25(20)28(27)18-32(29)36-30/h1-18H. The first-order chi connectivity index (χ1) is 18.3. The summed E-state index contributed by atoms with van der Waals surface area (Å²) in [6.07, 6.45) is 1.77. The van der Waals surface area contributed by atoms with Gasteiger partial charge in [-0.25, -0.2) is 0 Å². The zero-order valence-electron chi connectivity index (χ0n) is 19.6. The minimum absolute atomic E-state index is 0.905. The van der Waals surface area contributed by atoms with Gasteiger partial charge in [0.05, 0.1) is 6.26 Å². The van der Waals surface area contributed by atoms with Crippen molar-refractivity contribution in [1.82, 2.24) is 0 Å². The fraction of sp³-hybridized carbons (Fsp3) is 0. The van der Waals surface area contributed by atoms with E-state index in [1.165, 1.54) is 52.8 Å². The molecule has 172 valence electrons. The lowest BCUT2D eigenvalue weighted by Crippen LogP contribution is -1.86. The van der Waals surface area contributed by atoms with Crippen molar-refractivity contribution in [2.45, 2.75) is 0 Å². The van der Waals surface area contributed by atoms with Crippen LogP contribution in [0.4, 0.5) is 0 Å². The van der Waals surface area contributed by atoms with E-state index in [4.69, 9.17) is 8.83 Å². The molecule has 2 nitrogen and oxygen atoms in total. The highest BCUT2D eigenvalue weighted by molar-refractivity contribution is 7.26. The number of furan rings is 2. The molecule has 0 bridgehead atoms. The average molecular weight is 491 g/mol. The highest BCUT2D eigenvalue weighted by atomic mass is 32.1. The van der Waals surface area contributed by atoms with Gasteiger partial charge in [0.15, 0.2) is 0 Å². The Morgan fingerprint density at radius 1 is 0.459 bits per heavy atom. The molecule has 0 N–H and O–H groups in total. The quantitative estimate of drug-likeness (QED) is 0.214. The Hall–Kier alpha value is -4.60. The third-order valence-electron chi connectivity index (χ3n) is 7.72. The molecule has 9 aromatic rings. The zero-order chi connectivity index (χ0) is 24.1. The van der Waals surface area contributed by atoms with Crippen LogP contribution in [0, 0.1) is 0 Å². The zero-order valence-corrected chi connectivity index (χ0v) is 20.4. The van der Waals surface area contributed by atoms with Crippen LogP contribution < -0.4 is 0 Å². The smallest absolute Gasteiger partial charge is 0.136 e. The molecular formula is C34H18O2S. The van der Waals surface area contributed by atoms with E-state index in [-0.39, 0.29) is 0 Å². The summed E-state index contributed by atoms with van der Waals surface area (Å²) in [6, 6.07) is 37.0. The van der Waals surface area contributed by atoms with E-state index >= 15 is 0 Å². The number of fused-ring (bicyclic) bond motifs is 10. The van der Waals surface area contributed by atoms with Crippen LogP contribution in [0.3, 0.4) is 0 Å². The van der Waals surface area contributed by atoms with Crippen LogP contribution >= 0.6 is 11.3 Å². The molecule has 0 saturated heterocycles. The third kappa shape index (κ3) is 2.64. The Kier molecular flexibility index (Phi) is 3.70. The van der Waals surface area contributed by atoms with Crippen LogP contribution in [0.2, 0.25) is 0 Å². The lowest BCUT2D eigenvalue weighted by molar-refractivity contribution is 0.616. The lowest BCUT2D eigenvalue weighted by Gasteiger charge is -2.13. The fourth-order valence-corrected chi connectivity index (χ4v) is 7.24. The largest absolute Gasteiger partial charge is 0.464 e. The minimum Gasteiger partial charge on any atom is -0.464 e. The molecule has 0 saturated carbocycles. The van der Waals surface area contributed by atoms with Gasteiger partial charge in [-0.1, -0.05) is 54.6 Å². The molecule has 0 aliphatic heterocycles. The second-order valence-electron chi connectivity index (χ2n) is 9.73. The Bertz CT molecular complexity index is 2360. The number of hydrogen-bond donors (Lipinski definition) is 0. The molecule has 0 unspecified atom stereocenters. The summed E-state index contributed by atoms with van der Waals surface area (Å²) in [5.41, 5.74) is 5.24. The van der Waals surface area contributed by atoms with Crippen molar-refractivity contribution in [3.63, 3.8) is 0 Å². The van der Waals surface area contributed by atoms with Crippen molar-refractivity contribution in [1.29, 1.82) is 0 Å². The van der Waals surface area contributed by atoms with Gasteiger partial charge in [-0.2, -0.15) is 0 Å². The van der Waals surface area contributed by atoms with E-state index in [2.05, 4.69) is 84.9 Å². The van der Waals surface area contributed by atoms with Gasteiger partial charge in [0.2, 0.25) is 0 Å². The van der Waals surface area contributed by atoms with Crippen molar-refractivity contribution in [3.05, 3.63) is 109 Å². The molecule has 0 amide bonds. The number of para-hydroxylation sites is 1. The van der Waals surface area contributed by atoms with Gasteiger partial charge in [0.25, 0.3) is 0 Å². The van der Waals surface area contributed by atoms with E-state index < -0.39 is 0 Å². The first-order valence-electron chi connectivity index (χ1n) is 12.4. The fourth-order valence-electron chi connectivity index (χ4n) is 6.01. The molecule has 0 atom stereocenters. The molecule has 0 aliphatic rings. The summed E-state index contributed by atoms with van der Waals surface area (Å²) in [5.74, 6) is 0. The highest BCUT2D eigenvalue weighted by Crippen LogP contribution is 2.45. The summed E-state index contributed by atoms with van der Waals surface area (Å²) in [5, 5.41) is 10.8. The average Bonchev–Trinajstić information content (AvgIpc) is 3.65. The van der Waals surface area contributed by atoms with Crippen molar-refractivity contribution < 1.29 is 8.83 Å². The predicted molar refractivity (Wildman–Crippen MR) is 157 cm³/mol. The summed E-state index contributed by atoms with van der Waals surface area (Å²) in [4.78, 5) is 0. The molecule has 0 aliphatic carbocycles. The molecule has 3 aromatic heterocycles. The van der Waals surface area contributed by atoms with Crippen LogP contribution in [0.25, 0.3) is 85.8 Å². The number of thiophene rings is 1. The van der Waals surface area contributed by atoms with Gasteiger partial charge in [0, 0.05) is 41.9 Å². The lowest BCUT2D eigenvalue weighted by atomic mass is 9.91. The first kappa shape index (κ1) is 19.6. The van der Waals surface area contributed by atoms with Crippen LogP contribution in [0.15, 0.2) is 118 Å². The van der Waals surface area contributed by atoms with E-state index in [1.54, 1.807) is 6.26 Å². The SMILES string of the molecule is c1ccc2c(c1)oc1cc3c(cc12)c(-c1cccc2c1sc1ccccc12)cc1cc2occc2cc13. The maximum atomic E-state index is 6.32. The van der Waals surface area contributed by atoms with E-state index in [1.807, 2.05) is 29.5 Å². The van der Waals surface area contributed by atoms with Crippen molar-refractivity contribution in [3.8, 4) is 11.1 Å². The Morgan fingerprint density at radius 3 is 2.30 bits per heavy atom. The summed E-state index contributed by atoms with van der Waals surface area (Å²) < 4.78 is 14.7. The summed E-state index contributed by atoms with van der Waals surface area (Å²) in [6.45, 7) is 0. The van der Waals surface area contributed by atoms with Crippen LogP contribution in [0.1, 0.15) is 0 Å². The molecule has 0 fully saturated rings. The molecular weight excluding hydrogens is 472 g/mol. The van der Waals surface area contributed by atoms with E-state index in [0.29, 0.717) is 0 Å². The summed E-state index contributed by atoms with van der Waals surface area (Å²) in [7, 11) is 0. The Balaban J connectivity index is 1.50. The molecule has 3 heteroatoms. The number of hydrogen-bond acceptors (Lipinski definition) is 3. The number of benzene rings is 6. The molecule has 9 rings (SSSR count). The highest BCUT2D eigenvalue weighted by Gasteiger charge is 2.17. The van der Waals surface area contributed by atoms with Gasteiger partial charge in [-0.3, -0.25) is 0 Å².